The predicted molar refractivity (Wildman–Crippen MR) is 85.4 cm³/mol. The lowest BCUT2D eigenvalue weighted by Gasteiger charge is -2.20. The number of rotatable bonds is 6. The molecule has 0 radical (unpaired) electrons. The Morgan fingerprint density at radius 3 is 2.35 bits per heavy atom. The third-order valence-corrected chi connectivity index (χ3v) is 3.50. The van der Waals surface area contributed by atoms with E-state index in [0.29, 0.717) is 23.9 Å². The van der Waals surface area contributed by atoms with Gasteiger partial charge in [0, 0.05) is 13.6 Å². The van der Waals surface area contributed by atoms with Gasteiger partial charge in [-0.15, -0.1) is 0 Å². The van der Waals surface area contributed by atoms with Crippen LogP contribution in [0.1, 0.15) is 21.6 Å². The topological polar surface area (TPSA) is 84.8 Å². The molecule has 122 valence electrons. The third kappa shape index (κ3) is 3.68. The van der Waals surface area contributed by atoms with Gasteiger partial charge in [-0.1, -0.05) is 0 Å². The SMILES string of the molecule is COc1cc(C)c(CN(C)c2cnc(C(=O)O)cn2)cc1OC. The molecule has 1 heterocycles. The molecule has 23 heavy (non-hydrogen) atoms. The van der Waals surface area contributed by atoms with Crippen molar-refractivity contribution in [3.05, 3.63) is 41.3 Å². The van der Waals surface area contributed by atoms with Gasteiger partial charge >= 0.3 is 5.97 Å². The van der Waals surface area contributed by atoms with Gasteiger partial charge in [0.1, 0.15) is 5.82 Å². The van der Waals surface area contributed by atoms with E-state index < -0.39 is 5.97 Å². The van der Waals surface area contributed by atoms with Crippen LogP contribution in [0.4, 0.5) is 5.82 Å². The molecule has 0 saturated heterocycles. The lowest BCUT2D eigenvalue weighted by atomic mass is 10.1. The molecule has 7 nitrogen and oxygen atoms in total. The monoisotopic (exact) mass is 317 g/mol. The standard InChI is InChI=1S/C16H19N3O4/c1-10-5-13(22-3)14(23-4)6-11(10)9-19(2)15-8-17-12(7-18-15)16(20)21/h5-8H,9H2,1-4H3,(H,20,21). The second-order valence-electron chi connectivity index (χ2n) is 5.05. The number of benzene rings is 1. The molecule has 0 aliphatic carbocycles. The van der Waals surface area contributed by atoms with Gasteiger partial charge in [0.05, 0.1) is 26.6 Å². The maximum atomic E-state index is 10.8. The second kappa shape index (κ2) is 6.95. The summed E-state index contributed by atoms with van der Waals surface area (Å²) in [5, 5.41) is 8.85. The molecule has 0 atom stereocenters. The lowest BCUT2D eigenvalue weighted by Crippen LogP contribution is -2.19. The Balaban J connectivity index is 2.22. The van der Waals surface area contributed by atoms with Crippen molar-refractivity contribution in [2.24, 2.45) is 0 Å². The molecule has 0 aliphatic rings. The van der Waals surface area contributed by atoms with E-state index in [9.17, 15) is 4.79 Å². The van der Waals surface area contributed by atoms with Gasteiger partial charge in [0.15, 0.2) is 17.2 Å². The number of nitrogens with zero attached hydrogens (tertiary/aromatic N) is 3. The summed E-state index contributed by atoms with van der Waals surface area (Å²) in [6.45, 7) is 2.57. The van der Waals surface area contributed by atoms with Crippen molar-refractivity contribution in [3.8, 4) is 11.5 Å². The average Bonchev–Trinajstić information content (AvgIpc) is 2.56. The van der Waals surface area contributed by atoms with E-state index in [4.69, 9.17) is 14.6 Å². The Morgan fingerprint density at radius 1 is 1.17 bits per heavy atom. The van der Waals surface area contributed by atoms with Gasteiger partial charge in [-0.3, -0.25) is 0 Å². The number of carboxylic acid groups (broad SMARTS) is 1. The number of anilines is 1. The molecule has 0 spiro atoms. The van der Waals surface area contributed by atoms with Crippen LogP contribution >= 0.6 is 0 Å². The second-order valence-corrected chi connectivity index (χ2v) is 5.05. The summed E-state index contributed by atoms with van der Waals surface area (Å²) >= 11 is 0. The normalized spacial score (nSPS) is 10.3. The summed E-state index contributed by atoms with van der Waals surface area (Å²) in [6.07, 6.45) is 2.69. The van der Waals surface area contributed by atoms with Crippen molar-refractivity contribution in [2.75, 3.05) is 26.2 Å². The van der Waals surface area contributed by atoms with E-state index in [1.54, 1.807) is 14.2 Å². The van der Waals surface area contributed by atoms with Crippen molar-refractivity contribution < 1.29 is 19.4 Å². The van der Waals surface area contributed by atoms with Crippen molar-refractivity contribution in [3.63, 3.8) is 0 Å². The summed E-state index contributed by atoms with van der Waals surface area (Å²) < 4.78 is 10.6. The van der Waals surface area contributed by atoms with Crippen molar-refractivity contribution in [2.45, 2.75) is 13.5 Å². The fourth-order valence-corrected chi connectivity index (χ4v) is 2.16. The van der Waals surface area contributed by atoms with Crippen molar-refractivity contribution in [1.29, 1.82) is 0 Å². The lowest BCUT2D eigenvalue weighted by molar-refractivity contribution is 0.0690. The molecule has 0 fully saturated rings. The van der Waals surface area contributed by atoms with Gasteiger partial charge in [-0.25, -0.2) is 14.8 Å². The fraction of sp³-hybridized carbons (Fsp3) is 0.312. The Bertz CT molecular complexity index is 701. The minimum atomic E-state index is -1.09. The van der Waals surface area contributed by atoms with E-state index >= 15 is 0 Å². The third-order valence-electron chi connectivity index (χ3n) is 3.50. The largest absolute Gasteiger partial charge is 0.493 e. The number of hydrogen-bond acceptors (Lipinski definition) is 6. The first-order valence-corrected chi connectivity index (χ1v) is 6.94. The van der Waals surface area contributed by atoms with Gasteiger partial charge in [0.25, 0.3) is 0 Å². The number of hydrogen-bond donors (Lipinski definition) is 1. The molecule has 0 unspecified atom stereocenters. The zero-order valence-corrected chi connectivity index (χ0v) is 13.5. The summed E-state index contributed by atoms with van der Waals surface area (Å²) in [5.74, 6) is 0.836. The maximum absolute atomic E-state index is 10.8. The molecule has 2 aromatic rings. The first-order valence-electron chi connectivity index (χ1n) is 6.94. The number of methoxy groups -OCH3 is 2. The smallest absolute Gasteiger partial charge is 0.356 e. The highest BCUT2D eigenvalue weighted by molar-refractivity contribution is 5.84. The van der Waals surface area contributed by atoms with E-state index in [1.807, 2.05) is 31.0 Å². The zero-order chi connectivity index (χ0) is 17.0. The Kier molecular flexibility index (Phi) is 5.00. The van der Waals surface area contributed by atoms with E-state index in [1.165, 1.54) is 12.4 Å². The number of aryl methyl sites for hydroxylation is 1. The maximum Gasteiger partial charge on any atom is 0.356 e. The van der Waals surface area contributed by atoms with Crippen LogP contribution in [0.2, 0.25) is 0 Å². The minimum absolute atomic E-state index is 0.0792. The molecule has 7 heteroatoms. The molecule has 1 N–H and O–H groups in total. The Morgan fingerprint density at radius 2 is 1.83 bits per heavy atom. The van der Waals surface area contributed by atoms with Crippen LogP contribution in [0.15, 0.2) is 24.5 Å². The highest BCUT2D eigenvalue weighted by Gasteiger charge is 2.12. The molecule has 0 saturated carbocycles. The van der Waals surface area contributed by atoms with Gasteiger partial charge in [-0.2, -0.15) is 0 Å². The molecule has 0 amide bonds. The first-order chi connectivity index (χ1) is 11.0. The summed E-state index contributed by atoms with van der Waals surface area (Å²) in [4.78, 5) is 20.7. The van der Waals surface area contributed by atoms with Crippen molar-refractivity contribution in [1.82, 2.24) is 9.97 Å². The van der Waals surface area contributed by atoms with Gasteiger partial charge < -0.3 is 19.5 Å². The molecule has 0 bridgehead atoms. The highest BCUT2D eigenvalue weighted by atomic mass is 16.5. The van der Waals surface area contributed by atoms with E-state index in [-0.39, 0.29) is 5.69 Å². The summed E-state index contributed by atoms with van der Waals surface area (Å²) in [7, 11) is 5.06. The molecule has 1 aromatic heterocycles. The zero-order valence-electron chi connectivity index (χ0n) is 13.5. The van der Waals surface area contributed by atoms with Crippen LogP contribution in [0, 0.1) is 6.92 Å². The quantitative estimate of drug-likeness (QED) is 0.873. The number of aromatic nitrogens is 2. The van der Waals surface area contributed by atoms with Gasteiger partial charge in [-0.05, 0) is 30.2 Å². The van der Waals surface area contributed by atoms with Crippen LogP contribution in [0.3, 0.4) is 0 Å². The minimum Gasteiger partial charge on any atom is -0.493 e. The Labute approximate surface area is 134 Å². The van der Waals surface area contributed by atoms with Crippen LogP contribution in [-0.2, 0) is 6.54 Å². The number of aromatic carboxylic acids is 1. The van der Waals surface area contributed by atoms with Crippen LogP contribution in [0.5, 0.6) is 11.5 Å². The number of carboxylic acids is 1. The number of ether oxygens (including phenoxy) is 2. The van der Waals surface area contributed by atoms with E-state index in [0.717, 1.165) is 11.1 Å². The first kappa shape index (κ1) is 16.5. The highest BCUT2D eigenvalue weighted by Crippen LogP contribution is 2.31. The van der Waals surface area contributed by atoms with Crippen LogP contribution < -0.4 is 14.4 Å². The number of carbonyl (C=O) groups is 1. The molecular formula is C16H19N3O4. The van der Waals surface area contributed by atoms with Crippen molar-refractivity contribution >= 4 is 11.8 Å². The van der Waals surface area contributed by atoms with Crippen LogP contribution in [-0.4, -0.2) is 42.3 Å². The summed E-state index contributed by atoms with van der Waals surface area (Å²) in [6, 6.07) is 3.84. The molecule has 0 aliphatic heterocycles. The van der Waals surface area contributed by atoms with Crippen LogP contribution in [0.25, 0.3) is 0 Å². The Hall–Kier alpha value is -2.83. The summed E-state index contributed by atoms with van der Waals surface area (Å²) in [5.41, 5.74) is 2.03. The fourth-order valence-electron chi connectivity index (χ4n) is 2.16. The van der Waals surface area contributed by atoms with E-state index in [2.05, 4.69) is 9.97 Å². The molecule has 2 rings (SSSR count). The predicted octanol–water partition coefficient (Wildman–Crippen LogP) is 2.14. The molecule has 1 aromatic carbocycles. The average molecular weight is 317 g/mol. The van der Waals surface area contributed by atoms with Gasteiger partial charge in [0.2, 0.25) is 0 Å². The molecular weight excluding hydrogens is 298 g/mol.